The van der Waals surface area contributed by atoms with E-state index in [1.165, 1.54) is 22.5 Å². The molecule has 0 saturated carbocycles. The van der Waals surface area contributed by atoms with Crippen molar-refractivity contribution in [3.05, 3.63) is 28.2 Å². The number of rotatable bonds is 2. The average Bonchev–Trinajstić information content (AvgIpc) is 2.64. The molecule has 0 spiro atoms. The Morgan fingerprint density at radius 2 is 1.82 bits per heavy atom. The highest BCUT2D eigenvalue weighted by atomic mass is 35.5. The smallest absolute Gasteiger partial charge is 0.243 e. The first-order valence-corrected chi connectivity index (χ1v) is 7.31. The van der Waals surface area contributed by atoms with Crippen LogP contribution in [0.1, 0.15) is 6.42 Å². The Bertz CT molecular complexity index is 513. The first-order valence-electron chi connectivity index (χ1n) is 5.11. The molecule has 0 amide bonds. The molecule has 1 saturated heterocycles. The van der Waals surface area contributed by atoms with E-state index in [4.69, 9.17) is 28.9 Å². The zero-order valence-corrected chi connectivity index (χ0v) is 11.3. The fraction of sp³-hybridized carbons (Fsp3) is 0.400. The molecule has 1 unspecified atom stereocenters. The third-order valence-electron chi connectivity index (χ3n) is 2.66. The minimum atomic E-state index is -3.53. The van der Waals surface area contributed by atoms with Crippen LogP contribution in [0.15, 0.2) is 23.1 Å². The van der Waals surface area contributed by atoms with Crippen molar-refractivity contribution in [3.63, 3.8) is 0 Å². The summed E-state index contributed by atoms with van der Waals surface area (Å²) in [5, 5.41) is 0.610. The molecule has 1 fully saturated rings. The lowest BCUT2D eigenvalue weighted by molar-refractivity contribution is 0.472. The molecular weight excluding hydrogens is 283 g/mol. The van der Waals surface area contributed by atoms with Crippen molar-refractivity contribution in [1.82, 2.24) is 4.31 Å². The summed E-state index contributed by atoms with van der Waals surface area (Å²) in [4.78, 5) is 0.115. The molecule has 1 aromatic carbocycles. The molecule has 94 valence electrons. The van der Waals surface area contributed by atoms with Crippen molar-refractivity contribution in [2.45, 2.75) is 17.4 Å². The van der Waals surface area contributed by atoms with Gasteiger partial charge in [-0.2, -0.15) is 4.31 Å². The topological polar surface area (TPSA) is 63.4 Å². The first kappa shape index (κ1) is 13.1. The summed E-state index contributed by atoms with van der Waals surface area (Å²) in [5.41, 5.74) is 5.70. The summed E-state index contributed by atoms with van der Waals surface area (Å²) in [6, 6.07) is 4.19. The van der Waals surface area contributed by atoms with Crippen molar-refractivity contribution in [2.75, 3.05) is 13.1 Å². The molecule has 0 aromatic heterocycles. The lowest BCUT2D eigenvalue weighted by Crippen LogP contribution is -2.31. The molecule has 2 N–H and O–H groups in total. The van der Waals surface area contributed by atoms with Gasteiger partial charge < -0.3 is 5.73 Å². The van der Waals surface area contributed by atoms with Crippen molar-refractivity contribution in [3.8, 4) is 0 Å². The molecule has 4 nitrogen and oxygen atoms in total. The van der Waals surface area contributed by atoms with E-state index in [2.05, 4.69) is 0 Å². The van der Waals surface area contributed by atoms with Crippen LogP contribution in [0.2, 0.25) is 10.0 Å². The molecule has 1 aromatic rings. The predicted molar refractivity (Wildman–Crippen MR) is 67.8 cm³/mol. The van der Waals surface area contributed by atoms with Gasteiger partial charge in [0.05, 0.1) is 4.90 Å². The van der Waals surface area contributed by atoms with Crippen LogP contribution < -0.4 is 5.73 Å². The number of benzene rings is 1. The van der Waals surface area contributed by atoms with Crippen LogP contribution in [0.4, 0.5) is 0 Å². The number of sulfonamides is 1. The molecule has 0 bridgehead atoms. The predicted octanol–water partition coefficient (Wildman–Crippen LogP) is 1.72. The molecule has 17 heavy (non-hydrogen) atoms. The highest BCUT2D eigenvalue weighted by Gasteiger charge is 2.31. The summed E-state index contributed by atoms with van der Waals surface area (Å²) < 4.78 is 25.8. The van der Waals surface area contributed by atoms with Crippen LogP contribution in [0.5, 0.6) is 0 Å². The van der Waals surface area contributed by atoms with Crippen LogP contribution >= 0.6 is 23.2 Å². The quantitative estimate of drug-likeness (QED) is 0.903. The fourth-order valence-corrected chi connectivity index (χ4v) is 4.04. The first-order chi connectivity index (χ1) is 7.89. The van der Waals surface area contributed by atoms with Crippen LogP contribution in [0.25, 0.3) is 0 Å². The van der Waals surface area contributed by atoms with Gasteiger partial charge in [0.2, 0.25) is 10.0 Å². The Kier molecular flexibility index (Phi) is 3.66. The van der Waals surface area contributed by atoms with Gasteiger partial charge in [-0.1, -0.05) is 23.2 Å². The summed E-state index contributed by atoms with van der Waals surface area (Å²) in [7, 11) is -3.53. The number of nitrogens with zero attached hydrogens (tertiary/aromatic N) is 1. The molecule has 0 aliphatic carbocycles. The molecular formula is C10H12Cl2N2O2S. The monoisotopic (exact) mass is 294 g/mol. The highest BCUT2D eigenvalue weighted by Crippen LogP contribution is 2.26. The molecule has 1 aliphatic rings. The summed E-state index contributed by atoms with van der Waals surface area (Å²) in [5.74, 6) is 0. The SMILES string of the molecule is NC1CCN(S(=O)(=O)c2cc(Cl)cc(Cl)c2)C1. The number of halogens is 2. The van der Waals surface area contributed by atoms with E-state index in [-0.39, 0.29) is 10.9 Å². The van der Waals surface area contributed by atoms with Gasteiger partial charge in [-0.05, 0) is 24.6 Å². The second-order valence-corrected chi connectivity index (χ2v) is 6.83. The Morgan fingerprint density at radius 3 is 2.29 bits per heavy atom. The van der Waals surface area contributed by atoms with Crippen molar-refractivity contribution >= 4 is 33.2 Å². The third kappa shape index (κ3) is 2.74. The van der Waals surface area contributed by atoms with E-state index < -0.39 is 10.0 Å². The third-order valence-corrected chi connectivity index (χ3v) is 4.94. The lowest BCUT2D eigenvalue weighted by Gasteiger charge is -2.16. The average molecular weight is 295 g/mol. The zero-order valence-electron chi connectivity index (χ0n) is 8.94. The standard InChI is InChI=1S/C10H12Cl2N2O2S/c11-7-3-8(12)5-10(4-7)17(15,16)14-2-1-9(13)6-14/h3-5,9H,1-2,6,13H2. The maximum Gasteiger partial charge on any atom is 0.243 e. The van der Waals surface area contributed by atoms with Gasteiger partial charge in [0.25, 0.3) is 0 Å². The van der Waals surface area contributed by atoms with Gasteiger partial charge in [0.15, 0.2) is 0 Å². The largest absolute Gasteiger partial charge is 0.326 e. The molecule has 1 heterocycles. The van der Waals surface area contributed by atoms with E-state index in [0.717, 1.165) is 0 Å². The molecule has 0 radical (unpaired) electrons. The minimum Gasteiger partial charge on any atom is -0.326 e. The maximum absolute atomic E-state index is 12.2. The van der Waals surface area contributed by atoms with Crippen molar-refractivity contribution in [1.29, 1.82) is 0 Å². The molecule has 7 heteroatoms. The zero-order chi connectivity index (χ0) is 12.6. The van der Waals surface area contributed by atoms with E-state index in [0.29, 0.717) is 29.6 Å². The summed E-state index contributed by atoms with van der Waals surface area (Å²) in [6.45, 7) is 0.778. The van der Waals surface area contributed by atoms with Crippen LogP contribution in [-0.4, -0.2) is 31.9 Å². The molecule has 2 rings (SSSR count). The minimum absolute atomic E-state index is 0.0977. The van der Waals surface area contributed by atoms with Crippen molar-refractivity contribution in [2.24, 2.45) is 5.73 Å². The van der Waals surface area contributed by atoms with Crippen LogP contribution in [0, 0.1) is 0 Å². The number of hydrogen-bond acceptors (Lipinski definition) is 3. The van der Waals surface area contributed by atoms with Gasteiger partial charge in [-0.15, -0.1) is 0 Å². The van der Waals surface area contributed by atoms with E-state index in [9.17, 15) is 8.42 Å². The van der Waals surface area contributed by atoms with Gasteiger partial charge in [-0.25, -0.2) is 8.42 Å². The second kappa shape index (κ2) is 4.74. The molecule has 1 atom stereocenters. The van der Waals surface area contributed by atoms with Crippen LogP contribution in [0.3, 0.4) is 0 Å². The van der Waals surface area contributed by atoms with E-state index >= 15 is 0 Å². The summed E-state index contributed by atoms with van der Waals surface area (Å²) in [6.07, 6.45) is 0.674. The second-order valence-electron chi connectivity index (χ2n) is 4.02. The Balaban J connectivity index is 2.38. The Hall–Kier alpha value is -0.330. The fourth-order valence-electron chi connectivity index (χ4n) is 1.80. The van der Waals surface area contributed by atoms with Gasteiger partial charge in [0, 0.05) is 29.2 Å². The van der Waals surface area contributed by atoms with Gasteiger partial charge in [-0.3, -0.25) is 0 Å². The molecule has 1 aliphatic heterocycles. The van der Waals surface area contributed by atoms with Gasteiger partial charge in [0.1, 0.15) is 0 Å². The summed E-state index contributed by atoms with van der Waals surface area (Å²) >= 11 is 11.6. The maximum atomic E-state index is 12.2. The number of hydrogen-bond donors (Lipinski definition) is 1. The lowest BCUT2D eigenvalue weighted by atomic mass is 10.3. The number of nitrogens with two attached hydrogens (primary N) is 1. The Morgan fingerprint density at radius 1 is 1.24 bits per heavy atom. The normalized spacial score (nSPS) is 21.9. The van der Waals surface area contributed by atoms with Gasteiger partial charge >= 0.3 is 0 Å². The van der Waals surface area contributed by atoms with E-state index in [1.54, 1.807) is 0 Å². The van der Waals surface area contributed by atoms with Crippen molar-refractivity contribution < 1.29 is 8.42 Å². The van der Waals surface area contributed by atoms with E-state index in [1.807, 2.05) is 0 Å². The Labute approximate surface area is 110 Å². The van der Waals surface area contributed by atoms with Crippen LogP contribution in [-0.2, 0) is 10.0 Å². The highest BCUT2D eigenvalue weighted by molar-refractivity contribution is 7.89.